The normalized spacial score (nSPS) is 10.6. The molecule has 2 aromatic heterocycles. The van der Waals surface area contributed by atoms with Crippen molar-refractivity contribution in [3.05, 3.63) is 46.5 Å². The molecule has 0 radical (unpaired) electrons. The molecule has 0 saturated heterocycles. The summed E-state index contributed by atoms with van der Waals surface area (Å²) < 4.78 is 1.66. The summed E-state index contributed by atoms with van der Waals surface area (Å²) >= 11 is 1.60. The van der Waals surface area contributed by atoms with Gasteiger partial charge in [0, 0.05) is 37.4 Å². The predicted molar refractivity (Wildman–Crippen MR) is 98.7 cm³/mol. The van der Waals surface area contributed by atoms with Gasteiger partial charge in [0.2, 0.25) is 5.95 Å². The Labute approximate surface area is 150 Å². The van der Waals surface area contributed by atoms with Crippen LogP contribution in [-0.4, -0.2) is 32.3 Å². The van der Waals surface area contributed by atoms with Gasteiger partial charge in [-0.1, -0.05) is 37.3 Å². The molecular formula is C17H20N6OS. The van der Waals surface area contributed by atoms with Crippen LogP contribution in [0, 0.1) is 0 Å². The number of anilines is 1. The van der Waals surface area contributed by atoms with Crippen molar-refractivity contribution in [1.82, 2.24) is 25.1 Å². The van der Waals surface area contributed by atoms with Crippen LogP contribution in [0.2, 0.25) is 0 Å². The minimum absolute atomic E-state index is 0.312. The summed E-state index contributed by atoms with van der Waals surface area (Å²) in [6, 6.07) is 9.74. The number of nitrogens with zero attached hydrogens (tertiary/aromatic N) is 4. The highest BCUT2D eigenvalue weighted by molar-refractivity contribution is 7.09. The highest BCUT2D eigenvalue weighted by Gasteiger charge is 2.09. The average Bonchev–Trinajstić information content (AvgIpc) is 3.22. The first-order chi connectivity index (χ1) is 12.2. The van der Waals surface area contributed by atoms with E-state index >= 15 is 0 Å². The molecule has 0 spiro atoms. The van der Waals surface area contributed by atoms with Crippen molar-refractivity contribution in [1.29, 1.82) is 0 Å². The summed E-state index contributed by atoms with van der Waals surface area (Å²) in [5.74, 6) is 1.14. The first-order valence-electron chi connectivity index (χ1n) is 8.10. The van der Waals surface area contributed by atoms with Crippen molar-refractivity contribution in [2.75, 3.05) is 11.9 Å². The van der Waals surface area contributed by atoms with E-state index in [0.717, 1.165) is 28.5 Å². The molecule has 3 rings (SSSR count). The summed E-state index contributed by atoms with van der Waals surface area (Å²) in [6.07, 6.45) is 1.45. The Kier molecular flexibility index (Phi) is 5.39. The molecule has 0 aliphatic rings. The Hall–Kier alpha value is -2.74. The van der Waals surface area contributed by atoms with Crippen molar-refractivity contribution >= 4 is 23.3 Å². The van der Waals surface area contributed by atoms with E-state index in [4.69, 9.17) is 0 Å². The maximum Gasteiger partial charge on any atom is 0.321 e. The van der Waals surface area contributed by atoms with Gasteiger partial charge in [-0.2, -0.15) is 4.98 Å². The Morgan fingerprint density at radius 2 is 2.04 bits per heavy atom. The molecule has 0 saturated carbocycles. The second-order valence-electron chi connectivity index (χ2n) is 5.45. The van der Waals surface area contributed by atoms with E-state index in [1.165, 1.54) is 0 Å². The van der Waals surface area contributed by atoms with Crippen LogP contribution in [0.3, 0.4) is 0 Å². The van der Waals surface area contributed by atoms with Crippen molar-refractivity contribution in [2.45, 2.75) is 19.8 Å². The molecule has 0 fully saturated rings. The maximum atomic E-state index is 11.9. The van der Waals surface area contributed by atoms with Crippen LogP contribution in [0.5, 0.6) is 0 Å². The number of benzene rings is 1. The molecule has 130 valence electrons. The fourth-order valence-electron chi connectivity index (χ4n) is 2.37. The fourth-order valence-corrected chi connectivity index (χ4v) is 3.18. The Morgan fingerprint density at radius 3 is 2.76 bits per heavy atom. The van der Waals surface area contributed by atoms with Gasteiger partial charge in [0.25, 0.3) is 0 Å². The molecule has 8 heteroatoms. The van der Waals surface area contributed by atoms with Gasteiger partial charge in [-0.25, -0.2) is 9.78 Å². The summed E-state index contributed by atoms with van der Waals surface area (Å²) in [5.41, 5.74) is 2.07. The molecule has 2 amide bonds. The van der Waals surface area contributed by atoms with E-state index in [0.29, 0.717) is 18.9 Å². The van der Waals surface area contributed by atoms with Crippen LogP contribution in [0.4, 0.5) is 10.7 Å². The van der Waals surface area contributed by atoms with Gasteiger partial charge in [-0.05, 0) is 0 Å². The van der Waals surface area contributed by atoms with E-state index < -0.39 is 0 Å². The minimum Gasteiger partial charge on any atom is -0.337 e. The van der Waals surface area contributed by atoms with Crippen LogP contribution < -0.4 is 10.6 Å². The number of hydrogen-bond acceptors (Lipinski definition) is 5. The number of nitrogens with one attached hydrogen (secondary N) is 2. The lowest BCUT2D eigenvalue weighted by Crippen LogP contribution is -2.30. The van der Waals surface area contributed by atoms with Crippen LogP contribution in [0.15, 0.2) is 35.7 Å². The Balaban J connectivity index is 1.48. The zero-order valence-electron chi connectivity index (χ0n) is 14.2. The van der Waals surface area contributed by atoms with Crippen LogP contribution in [-0.2, 0) is 19.9 Å². The number of amides is 2. The van der Waals surface area contributed by atoms with Gasteiger partial charge < -0.3 is 5.32 Å². The molecule has 0 atom stereocenters. The molecule has 0 bridgehead atoms. The van der Waals surface area contributed by atoms with E-state index in [1.807, 2.05) is 49.7 Å². The summed E-state index contributed by atoms with van der Waals surface area (Å²) in [4.78, 5) is 20.8. The Bertz CT molecular complexity index is 842. The molecule has 3 aromatic rings. The van der Waals surface area contributed by atoms with Crippen molar-refractivity contribution in [3.63, 3.8) is 0 Å². The number of rotatable bonds is 6. The van der Waals surface area contributed by atoms with Gasteiger partial charge in [-0.15, -0.1) is 16.4 Å². The van der Waals surface area contributed by atoms with Gasteiger partial charge in [0.15, 0.2) is 0 Å². The molecule has 2 N–H and O–H groups in total. The largest absolute Gasteiger partial charge is 0.337 e. The first kappa shape index (κ1) is 17.1. The van der Waals surface area contributed by atoms with Crippen LogP contribution in [0.25, 0.3) is 11.3 Å². The number of aryl methyl sites for hydroxylation is 2. The second-order valence-corrected chi connectivity index (χ2v) is 6.39. The average molecular weight is 356 g/mol. The van der Waals surface area contributed by atoms with Gasteiger partial charge in [0.05, 0.1) is 10.7 Å². The zero-order chi connectivity index (χ0) is 17.6. The SMILES string of the molecule is CCc1nc(NC(=O)NCCc2nc(-c3ccccc3)cs2)nn1C. The molecule has 1 aromatic carbocycles. The Morgan fingerprint density at radius 1 is 1.24 bits per heavy atom. The quantitative estimate of drug-likeness (QED) is 0.711. The molecular weight excluding hydrogens is 336 g/mol. The summed E-state index contributed by atoms with van der Waals surface area (Å²) in [7, 11) is 1.81. The topological polar surface area (TPSA) is 84.7 Å². The smallest absolute Gasteiger partial charge is 0.321 e. The predicted octanol–water partition coefficient (Wildman–Crippen LogP) is 2.87. The van der Waals surface area contributed by atoms with Gasteiger partial charge in [0.1, 0.15) is 5.82 Å². The second kappa shape index (κ2) is 7.89. The minimum atomic E-state index is -0.312. The molecule has 0 aliphatic heterocycles. The maximum absolute atomic E-state index is 11.9. The van der Waals surface area contributed by atoms with Gasteiger partial charge in [-0.3, -0.25) is 10.00 Å². The van der Waals surface area contributed by atoms with Crippen molar-refractivity contribution < 1.29 is 4.79 Å². The van der Waals surface area contributed by atoms with E-state index in [9.17, 15) is 4.79 Å². The number of hydrogen-bond donors (Lipinski definition) is 2. The third kappa shape index (κ3) is 4.42. The van der Waals surface area contributed by atoms with E-state index in [2.05, 4.69) is 25.7 Å². The lowest BCUT2D eigenvalue weighted by atomic mass is 10.2. The monoisotopic (exact) mass is 356 g/mol. The first-order valence-corrected chi connectivity index (χ1v) is 8.98. The lowest BCUT2D eigenvalue weighted by Gasteiger charge is -2.03. The highest BCUT2D eigenvalue weighted by Crippen LogP contribution is 2.21. The van der Waals surface area contributed by atoms with Crippen LogP contribution >= 0.6 is 11.3 Å². The molecule has 2 heterocycles. The van der Waals surface area contributed by atoms with E-state index in [1.54, 1.807) is 16.0 Å². The summed E-state index contributed by atoms with van der Waals surface area (Å²) in [5, 5.41) is 12.6. The molecule has 0 unspecified atom stereocenters. The van der Waals surface area contributed by atoms with Gasteiger partial charge >= 0.3 is 6.03 Å². The summed E-state index contributed by atoms with van der Waals surface area (Å²) in [6.45, 7) is 2.49. The third-order valence-electron chi connectivity index (χ3n) is 3.64. The number of carbonyl (C=O) groups is 1. The number of thiazole rings is 1. The van der Waals surface area contributed by atoms with Crippen molar-refractivity contribution in [2.24, 2.45) is 7.05 Å². The standard InChI is InChI=1S/C17H20N6OS/c1-3-14-20-16(22-23(14)2)21-17(24)18-10-9-15-19-13(11-25-15)12-7-5-4-6-8-12/h4-8,11H,3,9-10H2,1-2H3,(H2,18,21,22,24). The number of carbonyl (C=O) groups excluding carboxylic acids is 1. The highest BCUT2D eigenvalue weighted by atomic mass is 32.1. The fraction of sp³-hybridized carbons (Fsp3) is 0.294. The molecule has 7 nitrogen and oxygen atoms in total. The lowest BCUT2D eigenvalue weighted by molar-refractivity contribution is 0.252. The van der Waals surface area contributed by atoms with Crippen LogP contribution in [0.1, 0.15) is 17.8 Å². The third-order valence-corrected chi connectivity index (χ3v) is 4.55. The molecule has 0 aliphatic carbocycles. The molecule has 25 heavy (non-hydrogen) atoms. The number of aromatic nitrogens is 4. The van der Waals surface area contributed by atoms with E-state index in [-0.39, 0.29) is 6.03 Å². The van der Waals surface area contributed by atoms with Crippen molar-refractivity contribution in [3.8, 4) is 11.3 Å². The zero-order valence-corrected chi connectivity index (χ0v) is 15.0. The number of urea groups is 1.